The van der Waals surface area contributed by atoms with E-state index in [9.17, 15) is 4.79 Å². The molecule has 0 radical (unpaired) electrons. The number of fused-ring (bicyclic) bond motifs is 1. The summed E-state index contributed by atoms with van der Waals surface area (Å²) in [5, 5.41) is 6.44. The highest BCUT2D eigenvalue weighted by molar-refractivity contribution is 6.33. The SMILES string of the molecule is C#C/C(=C\C=C/C)CN1CC[C@H](C)[C@H](N(C)c2ncnc3c2CCN(c2cn[nH]c(=O)c2Cl)C3)C1. The van der Waals surface area contributed by atoms with Gasteiger partial charge in [-0.1, -0.05) is 36.6 Å². The standard InChI is InChI=1S/C26H32ClN7O/c1-5-7-8-19(6-2)14-33-11-9-18(3)23(16-33)32(4)25-20-10-12-34(15-21(20)28-17-29-25)22-13-30-31-26(35)24(22)27/h2,5,7-8,13,17-18,23H,9-12,14-16H2,1,3-4H3,(H,31,35)/b7-5-,19-8+/t18-,23+/m0/s1. The molecular formula is C26H32ClN7O. The van der Waals surface area contributed by atoms with Crippen molar-refractivity contribution < 1.29 is 0 Å². The number of aromatic amines is 1. The molecular weight excluding hydrogens is 462 g/mol. The van der Waals surface area contributed by atoms with Gasteiger partial charge in [0, 0.05) is 43.9 Å². The monoisotopic (exact) mass is 493 g/mol. The number of rotatable bonds is 6. The molecule has 0 saturated carbocycles. The summed E-state index contributed by atoms with van der Waals surface area (Å²) < 4.78 is 0. The zero-order chi connectivity index (χ0) is 24.9. The number of H-pyrrole nitrogens is 1. The number of piperidine rings is 1. The first-order valence-corrected chi connectivity index (χ1v) is 12.3. The minimum Gasteiger partial charge on any atom is -0.363 e. The summed E-state index contributed by atoms with van der Waals surface area (Å²) in [5.41, 5.74) is 3.34. The van der Waals surface area contributed by atoms with Crippen LogP contribution in [0, 0.1) is 18.3 Å². The Kier molecular flexibility index (Phi) is 7.89. The summed E-state index contributed by atoms with van der Waals surface area (Å²) in [6.45, 7) is 8.29. The van der Waals surface area contributed by atoms with E-state index >= 15 is 0 Å². The largest absolute Gasteiger partial charge is 0.363 e. The molecule has 2 aromatic heterocycles. The summed E-state index contributed by atoms with van der Waals surface area (Å²) >= 11 is 6.25. The maximum atomic E-state index is 11.9. The Balaban J connectivity index is 1.53. The van der Waals surface area contributed by atoms with E-state index in [0.29, 0.717) is 30.7 Å². The van der Waals surface area contributed by atoms with Crippen molar-refractivity contribution in [2.75, 3.05) is 43.0 Å². The summed E-state index contributed by atoms with van der Waals surface area (Å²) in [5.74, 6) is 4.33. The third-order valence-electron chi connectivity index (χ3n) is 7.01. The lowest BCUT2D eigenvalue weighted by atomic mass is 9.91. The maximum absolute atomic E-state index is 11.9. The van der Waals surface area contributed by atoms with Crippen LogP contribution >= 0.6 is 11.6 Å². The zero-order valence-electron chi connectivity index (χ0n) is 20.5. The molecule has 2 aromatic rings. The number of allylic oxidation sites excluding steroid dienone is 3. The van der Waals surface area contributed by atoms with E-state index in [1.165, 1.54) is 0 Å². The minimum absolute atomic E-state index is 0.154. The van der Waals surface area contributed by atoms with Crippen LogP contribution in [-0.2, 0) is 13.0 Å². The summed E-state index contributed by atoms with van der Waals surface area (Å²) in [6.07, 6.45) is 16.8. The Morgan fingerprint density at radius 2 is 2.23 bits per heavy atom. The van der Waals surface area contributed by atoms with Crippen molar-refractivity contribution in [2.45, 2.75) is 39.3 Å². The second kappa shape index (κ2) is 11.1. The molecule has 1 N–H and O–H groups in total. The van der Waals surface area contributed by atoms with Gasteiger partial charge in [-0.2, -0.15) is 5.10 Å². The lowest BCUT2D eigenvalue weighted by molar-refractivity contribution is 0.178. The predicted molar refractivity (Wildman–Crippen MR) is 141 cm³/mol. The second-order valence-electron chi connectivity index (χ2n) is 9.23. The molecule has 184 valence electrons. The van der Waals surface area contributed by atoms with Gasteiger partial charge in [0.05, 0.1) is 24.1 Å². The number of terminal acetylenes is 1. The van der Waals surface area contributed by atoms with Crippen molar-refractivity contribution in [1.82, 2.24) is 25.1 Å². The van der Waals surface area contributed by atoms with Crippen molar-refractivity contribution in [3.8, 4) is 12.3 Å². The minimum atomic E-state index is -0.387. The van der Waals surface area contributed by atoms with Crippen molar-refractivity contribution >= 4 is 23.1 Å². The van der Waals surface area contributed by atoms with Gasteiger partial charge in [-0.25, -0.2) is 15.1 Å². The summed E-state index contributed by atoms with van der Waals surface area (Å²) in [6, 6.07) is 0.313. The van der Waals surface area contributed by atoms with Gasteiger partial charge >= 0.3 is 0 Å². The van der Waals surface area contributed by atoms with Crippen LogP contribution in [0.5, 0.6) is 0 Å². The Morgan fingerprint density at radius 1 is 1.40 bits per heavy atom. The average molecular weight is 494 g/mol. The molecule has 4 heterocycles. The molecule has 0 bridgehead atoms. The van der Waals surface area contributed by atoms with Gasteiger partial charge in [0.2, 0.25) is 0 Å². The number of hydrogen-bond donors (Lipinski definition) is 1. The van der Waals surface area contributed by atoms with E-state index in [0.717, 1.165) is 55.1 Å². The Hall–Kier alpha value is -3.15. The summed E-state index contributed by atoms with van der Waals surface area (Å²) in [4.78, 5) is 28.0. The molecule has 9 heteroatoms. The molecule has 1 fully saturated rings. The molecule has 0 spiro atoms. The number of halogens is 1. The Labute approximate surface area is 211 Å². The van der Waals surface area contributed by atoms with E-state index in [1.54, 1.807) is 12.5 Å². The number of hydrogen-bond acceptors (Lipinski definition) is 7. The van der Waals surface area contributed by atoms with E-state index < -0.39 is 0 Å². The third-order valence-corrected chi connectivity index (χ3v) is 7.37. The molecule has 8 nitrogen and oxygen atoms in total. The van der Waals surface area contributed by atoms with Crippen LogP contribution in [0.15, 0.2) is 41.1 Å². The van der Waals surface area contributed by atoms with Crippen LogP contribution in [0.4, 0.5) is 11.5 Å². The molecule has 2 atom stereocenters. The lowest BCUT2D eigenvalue weighted by Crippen LogP contribution is -2.52. The first-order valence-electron chi connectivity index (χ1n) is 12.0. The zero-order valence-corrected chi connectivity index (χ0v) is 21.3. The highest BCUT2D eigenvalue weighted by atomic mass is 35.5. The van der Waals surface area contributed by atoms with Crippen LogP contribution in [0.1, 0.15) is 31.5 Å². The molecule has 1 saturated heterocycles. The molecule has 0 aromatic carbocycles. The van der Waals surface area contributed by atoms with Crippen LogP contribution in [0.2, 0.25) is 5.02 Å². The van der Waals surface area contributed by atoms with Crippen molar-refractivity contribution in [2.24, 2.45) is 5.92 Å². The van der Waals surface area contributed by atoms with Gasteiger partial charge in [0.25, 0.3) is 5.56 Å². The highest BCUT2D eigenvalue weighted by Crippen LogP contribution is 2.32. The number of likely N-dealkylation sites (N-methyl/N-ethyl adjacent to an activating group) is 1. The maximum Gasteiger partial charge on any atom is 0.285 e. The fraction of sp³-hybridized carbons (Fsp3) is 0.462. The molecule has 2 aliphatic rings. The number of anilines is 2. The summed E-state index contributed by atoms with van der Waals surface area (Å²) in [7, 11) is 2.13. The number of nitrogens with zero attached hydrogens (tertiary/aromatic N) is 6. The van der Waals surface area contributed by atoms with Gasteiger partial charge in [0.1, 0.15) is 17.2 Å². The average Bonchev–Trinajstić information content (AvgIpc) is 2.88. The van der Waals surface area contributed by atoms with Crippen molar-refractivity contribution in [3.63, 3.8) is 0 Å². The Bertz CT molecular complexity index is 1210. The topological polar surface area (TPSA) is 81.2 Å². The molecule has 35 heavy (non-hydrogen) atoms. The quantitative estimate of drug-likeness (QED) is 0.489. The molecule has 0 amide bonds. The first kappa shape index (κ1) is 25.0. The number of nitrogens with one attached hydrogen (secondary N) is 1. The normalized spacial score (nSPS) is 21.1. The molecule has 2 aliphatic heterocycles. The predicted octanol–water partition coefficient (Wildman–Crippen LogP) is 3.06. The second-order valence-corrected chi connectivity index (χ2v) is 9.61. The van der Waals surface area contributed by atoms with E-state index in [4.69, 9.17) is 23.0 Å². The fourth-order valence-electron chi connectivity index (χ4n) is 4.96. The van der Waals surface area contributed by atoms with Gasteiger partial charge < -0.3 is 9.80 Å². The fourth-order valence-corrected chi connectivity index (χ4v) is 5.17. The van der Waals surface area contributed by atoms with Crippen LogP contribution in [-0.4, -0.2) is 64.3 Å². The third kappa shape index (κ3) is 5.42. The van der Waals surface area contributed by atoms with Crippen LogP contribution in [0.3, 0.4) is 0 Å². The first-order chi connectivity index (χ1) is 16.9. The van der Waals surface area contributed by atoms with Crippen LogP contribution < -0.4 is 15.4 Å². The van der Waals surface area contributed by atoms with E-state index in [1.807, 2.05) is 30.1 Å². The van der Waals surface area contributed by atoms with Crippen molar-refractivity contribution in [3.05, 3.63) is 63.0 Å². The van der Waals surface area contributed by atoms with E-state index in [2.05, 4.69) is 44.9 Å². The number of aromatic nitrogens is 4. The lowest BCUT2D eigenvalue weighted by Gasteiger charge is -2.43. The van der Waals surface area contributed by atoms with Gasteiger partial charge in [-0.3, -0.25) is 9.69 Å². The van der Waals surface area contributed by atoms with Gasteiger partial charge in [-0.15, -0.1) is 6.42 Å². The molecule has 0 aliphatic carbocycles. The molecule has 0 unspecified atom stereocenters. The highest BCUT2D eigenvalue weighted by Gasteiger charge is 2.32. The smallest absolute Gasteiger partial charge is 0.285 e. The number of likely N-dealkylation sites (tertiary alicyclic amines) is 1. The van der Waals surface area contributed by atoms with E-state index in [-0.39, 0.29) is 10.6 Å². The van der Waals surface area contributed by atoms with Gasteiger partial charge in [-0.05, 0) is 38.3 Å². The Morgan fingerprint density at radius 3 is 3.00 bits per heavy atom. The van der Waals surface area contributed by atoms with Gasteiger partial charge in [0.15, 0.2) is 0 Å². The van der Waals surface area contributed by atoms with Crippen LogP contribution in [0.25, 0.3) is 0 Å². The van der Waals surface area contributed by atoms with Crippen molar-refractivity contribution in [1.29, 1.82) is 0 Å². The molecule has 4 rings (SSSR count).